The summed E-state index contributed by atoms with van der Waals surface area (Å²) in [5.41, 5.74) is 3.98. The van der Waals surface area contributed by atoms with E-state index >= 15 is 0 Å². The molecule has 0 radical (unpaired) electrons. The number of aromatic nitrogens is 1. The van der Waals surface area contributed by atoms with Crippen LogP contribution in [-0.2, 0) is 6.54 Å². The van der Waals surface area contributed by atoms with Gasteiger partial charge in [0, 0.05) is 29.1 Å². The molecule has 0 unspecified atom stereocenters. The molecule has 0 aliphatic carbocycles. The zero-order valence-corrected chi connectivity index (χ0v) is 11.5. The van der Waals surface area contributed by atoms with Crippen molar-refractivity contribution in [2.75, 3.05) is 5.32 Å². The van der Waals surface area contributed by atoms with Gasteiger partial charge < -0.3 is 5.32 Å². The molecule has 0 atom stereocenters. The summed E-state index contributed by atoms with van der Waals surface area (Å²) in [7, 11) is 0. The predicted octanol–water partition coefficient (Wildman–Crippen LogP) is 3.64. The molecule has 0 aliphatic heterocycles. The Balaban J connectivity index is 2.12. The monoisotopic (exact) mass is 301 g/mol. The van der Waals surface area contributed by atoms with Gasteiger partial charge in [-0.15, -0.1) is 0 Å². The number of rotatable bonds is 3. The maximum atomic E-state index is 8.80. The summed E-state index contributed by atoms with van der Waals surface area (Å²) in [6.45, 7) is 2.77. The summed E-state index contributed by atoms with van der Waals surface area (Å²) >= 11 is 3.45. The fraction of sp³-hybridized carbons (Fsp3) is 0.143. The van der Waals surface area contributed by atoms with Crippen LogP contribution in [0.2, 0.25) is 0 Å². The van der Waals surface area contributed by atoms with Crippen molar-refractivity contribution in [3.05, 3.63) is 57.8 Å². The number of nitriles is 1. The first-order chi connectivity index (χ1) is 8.70. The van der Waals surface area contributed by atoms with E-state index in [9.17, 15) is 0 Å². The largest absolute Gasteiger partial charge is 0.380 e. The third-order valence-corrected chi connectivity index (χ3v) is 3.37. The summed E-state index contributed by atoms with van der Waals surface area (Å²) in [5.74, 6) is 0. The molecule has 4 heteroatoms. The van der Waals surface area contributed by atoms with Crippen LogP contribution in [0.4, 0.5) is 5.69 Å². The predicted molar refractivity (Wildman–Crippen MR) is 75.2 cm³/mol. The van der Waals surface area contributed by atoms with E-state index in [1.165, 1.54) is 5.56 Å². The summed E-state index contributed by atoms with van der Waals surface area (Å²) in [6.07, 6.45) is 3.65. The number of nitrogens with zero attached hydrogens (tertiary/aromatic N) is 2. The van der Waals surface area contributed by atoms with Gasteiger partial charge in [0.15, 0.2) is 0 Å². The lowest BCUT2D eigenvalue weighted by molar-refractivity contribution is 1.08. The van der Waals surface area contributed by atoms with Crippen molar-refractivity contribution >= 4 is 21.6 Å². The van der Waals surface area contributed by atoms with Crippen LogP contribution >= 0.6 is 15.9 Å². The zero-order valence-electron chi connectivity index (χ0n) is 9.94. The number of halogens is 1. The molecule has 3 nitrogen and oxygen atoms in total. The van der Waals surface area contributed by atoms with Gasteiger partial charge in [0.2, 0.25) is 0 Å². The molecular weight excluding hydrogens is 290 g/mol. The van der Waals surface area contributed by atoms with Crippen LogP contribution in [0.15, 0.2) is 41.1 Å². The number of hydrogen-bond donors (Lipinski definition) is 1. The van der Waals surface area contributed by atoms with E-state index in [0.29, 0.717) is 12.1 Å². The average Bonchev–Trinajstić information content (AvgIpc) is 2.39. The molecule has 0 amide bonds. The van der Waals surface area contributed by atoms with Gasteiger partial charge in [-0.25, -0.2) is 0 Å². The second-order valence-electron chi connectivity index (χ2n) is 3.96. The van der Waals surface area contributed by atoms with Crippen molar-refractivity contribution in [1.82, 2.24) is 4.98 Å². The normalized spacial score (nSPS) is 9.83. The zero-order chi connectivity index (χ0) is 13.0. The molecule has 0 spiro atoms. The van der Waals surface area contributed by atoms with Crippen LogP contribution in [0.25, 0.3) is 0 Å². The SMILES string of the molecule is Cc1ccncc1CNc1ccc(C#N)cc1Br. The summed E-state index contributed by atoms with van der Waals surface area (Å²) in [6, 6.07) is 9.60. The first-order valence-corrected chi connectivity index (χ1v) is 6.33. The lowest BCUT2D eigenvalue weighted by Gasteiger charge is -2.10. The molecule has 2 aromatic rings. The fourth-order valence-electron chi connectivity index (χ4n) is 1.60. The Kier molecular flexibility index (Phi) is 3.96. The highest BCUT2D eigenvalue weighted by Crippen LogP contribution is 2.24. The van der Waals surface area contributed by atoms with Gasteiger partial charge in [0.25, 0.3) is 0 Å². The van der Waals surface area contributed by atoms with Crippen molar-refractivity contribution in [3.63, 3.8) is 0 Å². The first-order valence-electron chi connectivity index (χ1n) is 5.53. The molecule has 1 aromatic heterocycles. The molecule has 90 valence electrons. The molecule has 2 rings (SSSR count). The minimum atomic E-state index is 0.644. The second-order valence-corrected chi connectivity index (χ2v) is 4.82. The Labute approximate surface area is 115 Å². The third kappa shape index (κ3) is 2.88. The van der Waals surface area contributed by atoms with E-state index < -0.39 is 0 Å². The van der Waals surface area contributed by atoms with E-state index in [0.717, 1.165) is 15.7 Å². The van der Waals surface area contributed by atoms with Gasteiger partial charge in [-0.1, -0.05) is 0 Å². The van der Waals surface area contributed by atoms with E-state index in [1.54, 1.807) is 18.3 Å². The lowest BCUT2D eigenvalue weighted by atomic mass is 10.1. The van der Waals surface area contributed by atoms with Crippen LogP contribution < -0.4 is 5.32 Å². The molecule has 1 heterocycles. The minimum absolute atomic E-state index is 0.644. The van der Waals surface area contributed by atoms with Crippen molar-refractivity contribution in [1.29, 1.82) is 5.26 Å². The molecule has 0 fully saturated rings. The highest BCUT2D eigenvalue weighted by Gasteiger charge is 2.02. The second kappa shape index (κ2) is 5.65. The maximum absolute atomic E-state index is 8.80. The number of hydrogen-bond acceptors (Lipinski definition) is 3. The Hall–Kier alpha value is -1.86. The minimum Gasteiger partial charge on any atom is -0.380 e. The van der Waals surface area contributed by atoms with Crippen LogP contribution in [0.5, 0.6) is 0 Å². The molecule has 0 aliphatic rings. The molecule has 0 saturated carbocycles. The van der Waals surface area contributed by atoms with Crippen LogP contribution in [0, 0.1) is 18.3 Å². The third-order valence-electron chi connectivity index (χ3n) is 2.71. The standard InChI is InChI=1S/C14H12BrN3/c1-10-4-5-17-8-12(10)9-18-14-3-2-11(7-16)6-13(14)15/h2-6,8,18H,9H2,1H3. The van der Waals surface area contributed by atoms with Crippen LogP contribution in [-0.4, -0.2) is 4.98 Å². The van der Waals surface area contributed by atoms with Gasteiger partial charge in [0.05, 0.1) is 11.6 Å². The van der Waals surface area contributed by atoms with Gasteiger partial charge >= 0.3 is 0 Å². The number of anilines is 1. The molecule has 18 heavy (non-hydrogen) atoms. The van der Waals surface area contributed by atoms with E-state index in [2.05, 4.69) is 39.2 Å². The number of pyridine rings is 1. The van der Waals surface area contributed by atoms with Crippen molar-refractivity contribution in [3.8, 4) is 6.07 Å². The Morgan fingerprint density at radius 2 is 2.22 bits per heavy atom. The first kappa shape index (κ1) is 12.6. The summed E-state index contributed by atoms with van der Waals surface area (Å²) in [5, 5.41) is 12.1. The summed E-state index contributed by atoms with van der Waals surface area (Å²) in [4.78, 5) is 4.11. The van der Waals surface area contributed by atoms with Crippen LogP contribution in [0.3, 0.4) is 0 Å². The smallest absolute Gasteiger partial charge is 0.0992 e. The Morgan fingerprint density at radius 3 is 2.89 bits per heavy atom. The number of benzene rings is 1. The molecular formula is C14H12BrN3. The van der Waals surface area contributed by atoms with E-state index in [1.807, 2.05) is 18.3 Å². The van der Waals surface area contributed by atoms with Crippen molar-refractivity contribution in [2.45, 2.75) is 13.5 Å². The highest BCUT2D eigenvalue weighted by atomic mass is 79.9. The van der Waals surface area contributed by atoms with Crippen molar-refractivity contribution in [2.24, 2.45) is 0 Å². The van der Waals surface area contributed by atoms with E-state index in [4.69, 9.17) is 5.26 Å². The Bertz CT molecular complexity index is 602. The lowest BCUT2D eigenvalue weighted by Crippen LogP contribution is -2.02. The number of aryl methyl sites for hydroxylation is 1. The maximum Gasteiger partial charge on any atom is 0.0992 e. The highest BCUT2D eigenvalue weighted by molar-refractivity contribution is 9.10. The molecule has 0 saturated heterocycles. The van der Waals surface area contributed by atoms with Gasteiger partial charge in [-0.3, -0.25) is 4.98 Å². The Morgan fingerprint density at radius 1 is 1.39 bits per heavy atom. The van der Waals surface area contributed by atoms with Gasteiger partial charge in [0.1, 0.15) is 0 Å². The summed E-state index contributed by atoms with van der Waals surface area (Å²) < 4.78 is 0.892. The van der Waals surface area contributed by atoms with Gasteiger partial charge in [-0.2, -0.15) is 5.26 Å². The quantitative estimate of drug-likeness (QED) is 0.941. The van der Waals surface area contributed by atoms with E-state index in [-0.39, 0.29) is 0 Å². The van der Waals surface area contributed by atoms with Crippen molar-refractivity contribution < 1.29 is 0 Å². The topological polar surface area (TPSA) is 48.7 Å². The molecule has 0 bridgehead atoms. The number of nitrogens with one attached hydrogen (secondary N) is 1. The fourth-order valence-corrected chi connectivity index (χ4v) is 2.12. The molecule has 1 N–H and O–H groups in total. The molecule has 1 aromatic carbocycles. The average molecular weight is 302 g/mol. The van der Waals surface area contributed by atoms with Crippen LogP contribution in [0.1, 0.15) is 16.7 Å². The van der Waals surface area contributed by atoms with Gasteiger partial charge in [-0.05, 0) is 58.2 Å².